The second-order valence-electron chi connectivity index (χ2n) is 6.41. The Hall–Kier alpha value is -0.0800. The zero-order valence-corrected chi connectivity index (χ0v) is 11.0. The Balaban J connectivity index is 1.84. The summed E-state index contributed by atoms with van der Waals surface area (Å²) in [7, 11) is 2.29. The molecule has 0 heterocycles. The van der Waals surface area contributed by atoms with Gasteiger partial charge in [-0.2, -0.15) is 0 Å². The van der Waals surface area contributed by atoms with Crippen molar-refractivity contribution in [1.82, 2.24) is 4.90 Å². The minimum absolute atomic E-state index is 0.134. The monoisotopic (exact) mass is 224 g/mol. The van der Waals surface area contributed by atoms with E-state index in [1.54, 1.807) is 0 Å². The normalized spacial score (nSPS) is 34.5. The lowest BCUT2D eigenvalue weighted by Gasteiger charge is -2.38. The maximum Gasteiger partial charge on any atom is 0.0283 e. The third-order valence-corrected chi connectivity index (χ3v) is 4.70. The van der Waals surface area contributed by atoms with Gasteiger partial charge in [0.25, 0.3) is 0 Å². The van der Waals surface area contributed by atoms with Crippen LogP contribution in [0, 0.1) is 5.92 Å². The number of rotatable bonds is 3. The molecule has 2 N–H and O–H groups in total. The number of hydrogen-bond acceptors (Lipinski definition) is 2. The van der Waals surface area contributed by atoms with Crippen LogP contribution >= 0.6 is 0 Å². The standard InChI is InChI=1S/C14H28N2/c1-12-6-5-7-13(10-12)16(2)11-14(15)8-3-4-9-14/h12-13H,3-11,15H2,1-2H3. The molecule has 2 heteroatoms. The topological polar surface area (TPSA) is 29.3 Å². The van der Waals surface area contributed by atoms with Gasteiger partial charge in [-0.3, -0.25) is 0 Å². The summed E-state index contributed by atoms with van der Waals surface area (Å²) in [5.74, 6) is 0.915. The molecule has 2 fully saturated rings. The predicted molar refractivity (Wildman–Crippen MR) is 69.4 cm³/mol. The van der Waals surface area contributed by atoms with Crippen LogP contribution in [0.4, 0.5) is 0 Å². The first-order valence-electron chi connectivity index (χ1n) is 7.08. The SMILES string of the molecule is CC1CCCC(N(C)CC2(N)CCCC2)C1. The van der Waals surface area contributed by atoms with Crippen molar-refractivity contribution in [3.63, 3.8) is 0 Å². The van der Waals surface area contributed by atoms with Gasteiger partial charge in [-0.25, -0.2) is 0 Å². The quantitative estimate of drug-likeness (QED) is 0.798. The van der Waals surface area contributed by atoms with Gasteiger partial charge in [0.2, 0.25) is 0 Å². The maximum absolute atomic E-state index is 6.46. The van der Waals surface area contributed by atoms with Crippen molar-refractivity contribution in [2.75, 3.05) is 13.6 Å². The van der Waals surface area contributed by atoms with E-state index >= 15 is 0 Å². The first-order valence-corrected chi connectivity index (χ1v) is 7.08. The summed E-state index contributed by atoms with van der Waals surface area (Å²) in [6.07, 6.45) is 10.8. The van der Waals surface area contributed by atoms with Gasteiger partial charge in [0.1, 0.15) is 0 Å². The van der Waals surface area contributed by atoms with Crippen LogP contribution in [0.1, 0.15) is 58.3 Å². The molecule has 0 bridgehead atoms. The Labute approximate surface area is 101 Å². The van der Waals surface area contributed by atoms with Crippen molar-refractivity contribution in [3.05, 3.63) is 0 Å². The van der Waals surface area contributed by atoms with Crippen LogP contribution in [-0.2, 0) is 0 Å². The highest BCUT2D eigenvalue weighted by atomic mass is 15.2. The van der Waals surface area contributed by atoms with Crippen molar-refractivity contribution in [2.45, 2.75) is 69.9 Å². The van der Waals surface area contributed by atoms with Crippen LogP contribution in [-0.4, -0.2) is 30.1 Å². The molecule has 0 radical (unpaired) electrons. The number of nitrogens with zero attached hydrogens (tertiary/aromatic N) is 1. The molecule has 2 atom stereocenters. The van der Waals surface area contributed by atoms with Gasteiger partial charge in [-0.15, -0.1) is 0 Å². The summed E-state index contributed by atoms with van der Waals surface area (Å²) < 4.78 is 0. The van der Waals surface area contributed by atoms with Crippen LogP contribution in [0.15, 0.2) is 0 Å². The van der Waals surface area contributed by atoms with Gasteiger partial charge in [0.05, 0.1) is 0 Å². The van der Waals surface area contributed by atoms with Crippen molar-refractivity contribution in [3.8, 4) is 0 Å². The lowest BCUT2D eigenvalue weighted by molar-refractivity contribution is 0.134. The highest BCUT2D eigenvalue weighted by molar-refractivity contribution is 4.93. The van der Waals surface area contributed by atoms with Gasteiger partial charge >= 0.3 is 0 Å². The number of nitrogens with two attached hydrogens (primary N) is 1. The lowest BCUT2D eigenvalue weighted by atomic mass is 9.85. The third kappa shape index (κ3) is 2.98. The second kappa shape index (κ2) is 5.05. The van der Waals surface area contributed by atoms with Crippen LogP contribution in [0.2, 0.25) is 0 Å². The van der Waals surface area contributed by atoms with E-state index in [1.165, 1.54) is 51.4 Å². The molecule has 0 spiro atoms. The Morgan fingerprint density at radius 2 is 1.88 bits per heavy atom. The molecule has 0 aromatic heterocycles. The Morgan fingerprint density at radius 1 is 1.19 bits per heavy atom. The summed E-state index contributed by atoms with van der Waals surface area (Å²) in [6.45, 7) is 3.51. The van der Waals surface area contributed by atoms with Gasteiger partial charge in [-0.05, 0) is 38.6 Å². The van der Waals surface area contributed by atoms with Crippen molar-refractivity contribution in [1.29, 1.82) is 0 Å². The molecule has 2 aliphatic rings. The van der Waals surface area contributed by atoms with Crippen molar-refractivity contribution in [2.24, 2.45) is 11.7 Å². The maximum atomic E-state index is 6.46. The minimum Gasteiger partial charge on any atom is -0.324 e. The van der Waals surface area contributed by atoms with E-state index in [2.05, 4.69) is 18.9 Å². The average Bonchev–Trinajstić information content (AvgIpc) is 2.65. The first kappa shape index (κ1) is 12.4. The molecule has 94 valence electrons. The van der Waals surface area contributed by atoms with Crippen LogP contribution < -0.4 is 5.73 Å². The molecular weight excluding hydrogens is 196 g/mol. The van der Waals surface area contributed by atoms with E-state index < -0.39 is 0 Å². The zero-order chi connectivity index (χ0) is 11.6. The first-order chi connectivity index (χ1) is 7.59. The lowest BCUT2D eigenvalue weighted by Crippen LogP contribution is -2.50. The molecule has 2 aliphatic carbocycles. The third-order valence-electron chi connectivity index (χ3n) is 4.70. The van der Waals surface area contributed by atoms with E-state index in [1.807, 2.05) is 0 Å². The molecule has 0 aromatic rings. The summed E-state index contributed by atoms with van der Waals surface area (Å²) in [5.41, 5.74) is 6.59. The Morgan fingerprint density at radius 3 is 2.50 bits per heavy atom. The molecule has 16 heavy (non-hydrogen) atoms. The zero-order valence-electron chi connectivity index (χ0n) is 11.0. The Bertz CT molecular complexity index is 221. The van der Waals surface area contributed by atoms with Crippen LogP contribution in [0.3, 0.4) is 0 Å². The molecule has 2 unspecified atom stereocenters. The highest BCUT2D eigenvalue weighted by Crippen LogP contribution is 2.31. The van der Waals surface area contributed by atoms with E-state index in [9.17, 15) is 0 Å². The number of hydrogen-bond donors (Lipinski definition) is 1. The molecule has 2 nitrogen and oxygen atoms in total. The van der Waals surface area contributed by atoms with E-state index in [0.717, 1.165) is 18.5 Å². The summed E-state index contributed by atoms with van der Waals surface area (Å²) in [6, 6.07) is 0.796. The summed E-state index contributed by atoms with van der Waals surface area (Å²) >= 11 is 0. The van der Waals surface area contributed by atoms with Gasteiger partial charge in [0, 0.05) is 18.1 Å². The second-order valence-corrected chi connectivity index (χ2v) is 6.41. The van der Waals surface area contributed by atoms with E-state index in [4.69, 9.17) is 5.73 Å². The smallest absolute Gasteiger partial charge is 0.0283 e. The number of likely N-dealkylation sites (N-methyl/N-ethyl adjacent to an activating group) is 1. The predicted octanol–water partition coefficient (Wildman–Crippen LogP) is 2.77. The fourth-order valence-electron chi connectivity index (χ4n) is 3.67. The van der Waals surface area contributed by atoms with Crippen molar-refractivity contribution >= 4 is 0 Å². The molecular formula is C14H28N2. The largest absolute Gasteiger partial charge is 0.324 e. The molecule has 0 aliphatic heterocycles. The Kier molecular flexibility index (Phi) is 3.91. The molecule has 0 amide bonds. The minimum atomic E-state index is 0.134. The van der Waals surface area contributed by atoms with Crippen LogP contribution in [0.5, 0.6) is 0 Å². The fourth-order valence-corrected chi connectivity index (χ4v) is 3.67. The van der Waals surface area contributed by atoms with Crippen molar-refractivity contribution < 1.29 is 0 Å². The fraction of sp³-hybridized carbons (Fsp3) is 1.00. The van der Waals surface area contributed by atoms with Crippen LogP contribution in [0.25, 0.3) is 0 Å². The van der Waals surface area contributed by atoms with E-state index in [0.29, 0.717) is 0 Å². The summed E-state index contributed by atoms with van der Waals surface area (Å²) in [4.78, 5) is 2.56. The molecule has 2 rings (SSSR count). The van der Waals surface area contributed by atoms with Gasteiger partial charge < -0.3 is 10.6 Å². The van der Waals surface area contributed by atoms with Gasteiger partial charge in [0.15, 0.2) is 0 Å². The molecule has 0 saturated heterocycles. The average molecular weight is 224 g/mol. The van der Waals surface area contributed by atoms with Gasteiger partial charge in [-0.1, -0.05) is 32.6 Å². The molecule has 0 aromatic carbocycles. The summed E-state index contributed by atoms with van der Waals surface area (Å²) in [5, 5.41) is 0. The highest BCUT2D eigenvalue weighted by Gasteiger charge is 2.33. The molecule has 2 saturated carbocycles. The van der Waals surface area contributed by atoms with E-state index in [-0.39, 0.29) is 5.54 Å².